The molecule has 1 aliphatic heterocycles. The maximum Gasteiger partial charge on any atom is 0.248 e. The molecule has 0 bridgehead atoms. The van der Waals surface area contributed by atoms with Crippen molar-refractivity contribution in [1.82, 2.24) is 9.88 Å². The zero-order valence-corrected chi connectivity index (χ0v) is 17.2. The molecule has 0 aliphatic carbocycles. The van der Waals surface area contributed by atoms with Crippen molar-refractivity contribution in [2.45, 2.75) is 13.0 Å². The van der Waals surface area contributed by atoms with Crippen LogP contribution in [0.2, 0.25) is 10.0 Å². The molecule has 7 heteroatoms. The molecule has 1 aliphatic rings. The highest BCUT2D eigenvalue weighted by molar-refractivity contribution is 6.45. The molecule has 2 heterocycles. The predicted molar refractivity (Wildman–Crippen MR) is 114 cm³/mol. The van der Waals surface area contributed by atoms with Crippen molar-refractivity contribution in [3.63, 3.8) is 0 Å². The highest BCUT2D eigenvalue weighted by Gasteiger charge is 2.27. The third-order valence-corrected chi connectivity index (χ3v) is 6.09. The Morgan fingerprint density at radius 3 is 2.79 bits per heavy atom. The van der Waals surface area contributed by atoms with E-state index in [9.17, 15) is 9.90 Å². The number of benzene rings is 2. The number of aromatic amines is 1. The fourth-order valence-corrected chi connectivity index (χ4v) is 4.23. The normalized spacial score (nSPS) is 13.7. The van der Waals surface area contributed by atoms with Crippen LogP contribution in [0.15, 0.2) is 30.3 Å². The molecule has 5 nitrogen and oxygen atoms in total. The number of hydrogen-bond acceptors (Lipinski definition) is 3. The van der Waals surface area contributed by atoms with Gasteiger partial charge >= 0.3 is 0 Å². The van der Waals surface area contributed by atoms with Crippen LogP contribution in [0, 0.1) is 0 Å². The summed E-state index contributed by atoms with van der Waals surface area (Å²) >= 11 is 13.0. The van der Waals surface area contributed by atoms with Gasteiger partial charge in [0.15, 0.2) is 0 Å². The summed E-state index contributed by atoms with van der Waals surface area (Å²) in [5, 5.41) is 11.2. The van der Waals surface area contributed by atoms with Gasteiger partial charge in [0.25, 0.3) is 0 Å². The van der Waals surface area contributed by atoms with Crippen LogP contribution in [0.5, 0.6) is 0 Å². The number of nitrogens with one attached hydrogen (secondary N) is 1. The lowest BCUT2D eigenvalue weighted by atomic mass is 9.96. The Kier molecular flexibility index (Phi) is 5.00. The number of fused-ring (bicyclic) bond motifs is 3. The van der Waals surface area contributed by atoms with Gasteiger partial charge in [-0.1, -0.05) is 35.3 Å². The number of anilines is 1. The van der Waals surface area contributed by atoms with E-state index in [2.05, 4.69) is 11.1 Å². The number of aromatic nitrogens is 1. The maximum atomic E-state index is 12.0. The minimum Gasteiger partial charge on any atom is -0.387 e. The molecule has 0 unspecified atom stereocenters. The smallest absolute Gasteiger partial charge is 0.248 e. The Morgan fingerprint density at radius 2 is 2.07 bits per heavy atom. The van der Waals surface area contributed by atoms with Gasteiger partial charge in [-0.05, 0) is 29.3 Å². The standard InChI is InChI=1S/C21H21Cl2N3O2/c1-25(2)13-5-3-4-12(8-13)14-9-16(22)20(23)21-19(14)15-10-26(18(28)11-27)7-6-17(15)24-21/h3-5,8-9,24,27H,6-7,10-11H2,1-2H3. The van der Waals surface area contributed by atoms with Gasteiger partial charge in [0.2, 0.25) is 5.91 Å². The van der Waals surface area contributed by atoms with E-state index in [1.165, 1.54) is 0 Å². The molecule has 0 saturated carbocycles. The molecule has 0 saturated heterocycles. The van der Waals surface area contributed by atoms with Gasteiger partial charge in [-0.2, -0.15) is 0 Å². The van der Waals surface area contributed by atoms with Crippen molar-refractivity contribution >= 4 is 45.7 Å². The number of hydrogen-bond donors (Lipinski definition) is 2. The molecule has 0 fully saturated rings. The van der Waals surface area contributed by atoms with E-state index in [4.69, 9.17) is 23.2 Å². The molecule has 28 heavy (non-hydrogen) atoms. The van der Waals surface area contributed by atoms with Crippen molar-refractivity contribution < 1.29 is 9.90 Å². The first-order chi connectivity index (χ1) is 13.4. The third-order valence-electron chi connectivity index (χ3n) is 5.30. The number of carbonyl (C=O) groups is 1. The van der Waals surface area contributed by atoms with E-state index >= 15 is 0 Å². The number of H-pyrrole nitrogens is 1. The van der Waals surface area contributed by atoms with Crippen molar-refractivity contribution in [3.8, 4) is 11.1 Å². The topological polar surface area (TPSA) is 59.6 Å². The lowest BCUT2D eigenvalue weighted by molar-refractivity contribution is -0.135. The van der Waals surface area contributed by atoms with E-state index in [0.717, 1.165) is 39.0 Å². The second kappa shape index (κ2) is 7.32. The van der Waals surface area contributed by atoms with Gasteiger partial charge in [0.05, 0.1) is 15.6 Å². The molecule has 1 aromatic heterocycles. The van der Waals surface area contributed by atoms with Crippen LogP contribution in [0.3, 0.4) is 0 Å². The molecule has 0 radical (unpaired) electrons. The van der Waals surface area contributed by atoms with Crippen LogP contribution in [0.25, 0.3) is 22.0 Å². The highest BCUT2D eigenvalue weighted by atomic mass is 35.5. The zero-order chi connectivity index (χ0) is 20.0. The first-order valence-electron chi connectivity index (χ1n) is 9.08. The van der Waals surface area contributed by atoms with Gasteiger partial charge in [0, 0.05) is 55.9 Å². The van der Waals surface area contributed by atoms with Gasteiger partial charge in [-0.3, -0.25) is 4.79 Å². The number of aliphatic hydroxyl groups excluding tert-OH is 1. The van der Waals surface area contributed by atoms with E-state index < -0.39 is 6.61 Å². The number of carbonyl (C=O) groups excluding carboxylic acids is 1. The van der Waals surface area contributed by atoms with Crippen LogP contribution >= 0.6 is 23.2 Å². The summed E-state index contributed by atoms with van der Waals surface area (Å²) in [4.78, 5) is 19.2. The summed E-state index contributed by atoms with van der Waals surface area (Å²) in [5.74, 6) is -0.267. The minimum atomic E-state index is -0.484. The van der Waals surface area contributed by atoms with Crippen molar-refractivity contribution in [3.05, 3.63) is 51.6 Å². The first-order valence-corrected chi connectivity index (χ1v) is 9.84. The minimum absolute atomic E-state index is 0.267. The lowest BCUT2D eigenvalue weighted by Crippen LogP contribution is -2.37. The fraction of sp³-hybridized carbons (Fsp3) is 0.286. The molecule has 4 rings (SSSR count). The summed E-state index contributed by atoms with van der Waals surface area (Å²) < 4.78 is 0. The fourth-order valence-electron chi connectivity index (χ4n) is 3.83. The van der Waals surface area contributed by atoms with E-state index in [0.29, 0.717) is 29.6 Å². The summed E-state index contributed by atoms with van der Waals surface area (Å²) in [6, 6.07) is 10.1. The molecule has 3 aromatic rings. The summed E-state index contributed by atoms with van der Waals surface area (Å²) in [6.07, 6.45) is 0.681. The lowest BCUT2D eigenvalue weighted by Gasteiger charge is -2.27. The molecule has 2 N–H and O–H groups in total. The van der Waals surface area contributed by atoms with E-state index in [-0.39, 0.29) is 5.91 Å². The Bertz CT molecular complexity index is 1080. The monoisotopic (exact) mass is 417 g/mol. The number of halogens is 2. The van der Waals surface area contributed by atoms with Crippen LogP contribution in [-0.2, 0) is 17.8 Å². The highest BCUT2D eigenvalue weighted by Crippen LogP contribution is 2.42. The van der Waals surface area contributed by atoms with Crippen molar-refractivity contribution in [2.75, 3.05) is 32.1 Å². The van der Waals surface area contributed by atoms with Crippen molar-refractivity contribution in [1.29, 1.82) is 0 Å². The molecule has 2 aromatic carbocycles. The number of aliphatic hydroxyl groups is 1. The largest absolute Gasteiger partial charge is 0.387 e. The van der Waals surface area contributed by atoms with Crippen molar-refractivity contribution in [2.24, 2.45) is 0 Å². The molecule has 0 spiro atoms. The summed E-state index contributed by atoms with van der Waals surface area (Å²) in [6.45, 7) is 0.519. The van der Waals surface area contributed by atoms with Crippen LogP contribution in [-0.4, -0.2) is 48.1 Å². The number of amides is 1. The third kappa shape index (κ3) is 3.13. The Labute approximate surface area is 173 Å². The second-order valence-electron chi connectivity index (χ2n) is 7.22. The Morgan fingerprint density at radius 1 is 1.29 bits per heavy atom. The van der Waals surface area contributed by atoms with E-state index in [1.54, 1.807) is 4.90 Å². The number of rotatable bonds is 3. The van der Waals surface area contributed by atoms with Gasteiger partial charge < -0.3 is 19.9 Å². The molecule has 146 valence electrons. The SMILES string of the molecule is CN(C)c1cccc(-c2cc(Cl)c(Cl)c3[nH]c4c(c23)CN(C(=O)CO)CC4)c1. The van der Waals surface area contributed by atoms with Gasteiger partial charge in [0.1, 0.15) is 6.61 Å². The van der Waals surface area contributed by atoms with E-state index in [1.807, 2.05) is 43.3 Å². The zero-order valence-electron chi connectivity index (χ0n) is 15.7. The molecule has 0 atom stereocenters. The second-order valence-corrected chi connectivity index (χ2v) is 8.01. The molecule has 1 amide bonds. The Hall–Kier alpha value is -2.21. The number of nitrogens with zero attached hydrogens (tertiary/aromatic N) is 2. The van der Waals surface area contributed by atoms with Crippen LogP contribution in [0.4, 0.5) is 5.69 Å². The predicted octanol–water partition coefficient (Wildman–Crippen LogP) is 4.08. The maximum absolute atomic E-state index is 12.0. The van der Waals surface area contributed by atoms with Gasteiger partial charge in [-0.25, -0.2) is 0 Å². The average molecular weight is 418 g/mol. The quantitative estimate of drug-likeness (QED) is 0.674. The summed E-state index contributed by atoms with van der Waals surface area (Å²) in [5.41, 5.74) is 5.98. The molecular formula is C21H21Cl2N3O2. The van der Waals surface area contributed by atoms with Gasteiger partial charge in [-0.15, -0.1) is 0 Å². The molecular weight excluding hydrogens is 397 g/mol. The first kappa shape index (κ1) is 19.1. The van der Waals surface area contributed by atoms with Crippen LogP contribution in [0.1, 0.15) is 11.3 Å². The summed E-state index contributed by atoms with van der Waals surface area (Å²) in [7, 11) is 4.00. The Balaban J connectivity index is 1.95. The van der Waals surface area contributed by atoms with Crippen LogP contribution < -0.4 is 4.90 Å². The average Bonchev–Trinajstić information content (AvgIpc) is 3.09.